The lowest BCUT2D eigenvalue weighted by atomic mass is 9.97. The van der Waals surface area contributed by atoms with Crippen LogP contribution < -0.4 is 5.32 Å². The van der Waals surface area contributed by atoms with Gasteiger partial charge in [-0.25, -0.2) is 0 Å². The first-order valence-corrected chi connectivity index (χ1v) is 9.31. The summed E-state index contributed by atoms with van der Waals surface area (Å²) in [6.45, 7) is 1.28. The van der Waals surface area contributed by atoms with Crippen LogP contribution >= 0.6 is 15.9 Å². The minimum Gasteiger partial charge on any atom is -0.337 e. The molecule has 2 aromatic rings. The van der Waals surface area contributed by atoms with Crippen molar-refractivity contribution in [1.82, 2.24) is 4.90 Å². The zero-order valence-electron chi connectivity index (χ0n) is 13.8. The molecule has 0 atom stereocenters. The summed E-state index contributed by atoms with van der Waals surface area (Å²) in [6, 6.07) is 15.6. The van der Waals surface area contributed by atoms with Crippen molar-refractivity contribution in [3.8, 4) is 0 Å². The Balaban J connectivity index is 1.48. The fourth-order valence-corrected chi connectivity index (χ4v) is 3.68. The van der Waals surface area contributed by atoms with E-state index in [4.69, 9.17) is 0 Å². The van der Waals surface area contributed by atoms with E-state index in [1.54, 1.807) is 0 Å². The maximum atomic E-state index is 13.0. The maximum Gasteiger partial charge on any atom is 0.240 e. The molecule has 2 aliphatic rings. The number of hydrogen-bond donors (Lipinski definition) is 1. The number of nitrogens with one attached hydrogen (secondary N) is 1. The Morgan fingerprint density at radius 1 is 1.00 bits per heavy atom. The Labute approximate surface area is 155 Å². The van der Waals surface area contributed by atoms with Crippen molar-refractivity contribution in [3.63, 3.8) is 0 Å². The number of nitrogens with zero attached hydrogens (tertiary/aromatic N) is 1. The number of halogens is 1. The van der Waals surface area contributed by atoms with Crippen molar-refractivity contribution >= 4 is 33.4 Å². The van der Waals surface area contributed by atoms with Crippen molar-refractivity contribution < 1.29 is 9.59 Å². The lowest BCUT2D eigenvalue weighted by Gasteiger charge is -2.31. The lowest BCUT2D eigenvalue weighted by molar-refractivity contribution is -0.143. The highest BCUT2D eigenvalue weighted by molar-refractivity contribution is 9.10. The number of amides is 2. The minimum atomic E-state index is -0.876. The molecule has 0 spiro atoms. The van der Waals surface area contributed by atoms with Gasteiger partial charge in [-0.15, -0.1) is 0 Å². The molecule has 1 aliphatic carbocycles. The van der Waals surface area contributed by atoms with Gasteiger partial charge in [-0.05, 0) is 54.7 Å². The van der Waals surface area contributed by atoms with E-state index in [1.807, 2.05) is 41.3 Å². The van der Waals surface area contributed by atoms with Crippen molar-refractivity contribution in [2.45, 2.75) is 25.8 Å². The zero-order valence-corrected chi connectivity index (χ0v) is 15.4. The molecule has 0 unspecified atom stereocenters. The van der Waals surface area contributed by atoms with E-state index in [2.05, 4.69) is 33.4 Å². The van der Waals surface area contributed by atoms with Gasteiger partial charge < -0.3 is 10.2 Å². The quantitative estimate of drug-likeness (QED) is 0.800. The highest BCUT2D eigenvalue weighted by Gasteiger charge is 2.58. The molecule has 1 fully saturated rings. The first-order chi connectivity index (χ1) is 12.1. The summed E-state index contributed by atoms with van der Waals surface area (Å²) in [6.07, 6.45) is 2.12. The molecule has 0 aromatic heterocycles. The number of carbonyl (C=O) groups excluding carboxylic acids is 2. The van der Waals surface area contributed by atoms with E-state index < -0.39 is 5.41 Å². The molecule has 4 rings (SSSR count). The van der Waals surface area contributed by atoms with Gasteiger partial charge in [0.25, 0.3) is 0 Å². The molecule has 2 aromatic carbocycles. The Hall–Kier alpha value is -2.14. The summed E-state index contributed by atoms with van der Waals surface area (Å²) in [4.78, 5) is 27.6. The smallest absolute Gasteiger partial charge is 0.240 e. The van der Waals surface area contributed by atoms with E-state index in [9.17, 15) is 9.59 Å². The van der Waals surface area contributed by atoms with Crippen LogP contribution in [-0.2, 0) is 22.6 Å². The number of anilines is 1. The van der Waals surface area contributed by atoms with Gasteiger partial charge in [-0.1, -0.05) is 40.2 Å². The average molecular weight is 399 g/mol. The van der Waals surface area contributed by atoms with Crippen LogP contribution in [-0.4, -0.2) is 23.3 Å². The third kappa shape index (κ3) is 3.09. The van der Waals surface area contributed by atoms with Crippen LogP contribution in [0.3, 0.4) is 0 Å². The Morgan fingerprint density at radius 3 is 2.36 bits per heavy atom. The van der Waals surface area contributed by atoms with Crippen LogP contribution in [0.15, 0.2) is 53.0 Å². The highest BCUT2D eigenvalue weighted by Crippen LogP contribution is 2.48. The Bertz CT molecular complexity index is 828. The molecule has 5 heteroatoms. The SMILES string of the molecule is O=C(Nc1ccc(Br)cc1)C1(C(=O)N2CCc3ccccc3C2)CC1. The number of benzene rings is 2. The van der Waals surface area contributed by atoms with E-state index in [-0.39, 0.29) is 11.8 Å². The summed E-state index contributed by atoms with van der Waals surface area (Å²) >= 11 is 3.38. The van der Waals surface area contributed by atoms with Crippen LogP contribution in [0.4, 0.5) is 5.69 Å². The summed E-state index contributed by atoms with van der Waals surface area (Å²) in [5.74, 6) is -0.213. The van der Waals surface area contributed by atoms with Gasteiger partial charge >= 0.3 is 0 Å². The molecular formula is C20H19BrN2O2. The maximum absolute atomic E-state index is 13.0. The fraction of sp³-hybridized carbons (Fsp3) is 0.300. The number of rotatable bonds is 3. The van der Waals surface area contributed by atoms with Crippen molar-refractivity contribution in [3.05, 3.63) is 64.1 Å². The second kappa shape index (κ2) is 6.30. The Kier molecular flexibility index (Phi) is 4.12. The number of fused-ring (bicyclic) bond motifs is 1. The third-order valence-electron chi connectivity index (χ3n) is 5.11. The van der Waals surface area contributed by atoms with Crippen molar-refractivity contribution in [1.29, 1.82) is 0 Å². The molecule has 1 N–H and O–H groups in total. The zero-order chi connectivity index (χ0) is 17.4. The van der Waals surface area contributed by atoms with Gasteiger partial charge in [-0.3, -0.25) is 9.59 Å². The lowest BCUT2D eigenvalue weighted by Crippen LogP contribution is -2.45. The minimum absolute atomic E-state index is 0.0309. The van der Waals surface area contributed by atoms with E-state index in [0.29, 0.717) is 25.9 Å². The van der Waals surface area contributed by atoms with E-state index in [1.165, 1.54) is 11.1 Å². The molecule has 25 heavy (non-hydrogen) atoms. The molecule has 0 saturated heterocycles. The van der Waals surface area contributed by atoms with Crippen LogP contribution in [0.5, 0.6) is 0 Å². The predicted molar refractivity (Wildman–Crippen MR) is 100 cm³/mol. The molecule has 1 saturated carbocycles. The van der Waals surface area contributed by atoms with Gasteiger partial charge in [0.2, 0.25) is 11.8 Å². The molecule has 0 bridgehead atoms. The molecule has 2 amide bonds. The second-order valence-electron chi connectivity index (χ2n) is 6.79. The summed E-state index contributed by atoms with van der Waals surface area (Å²) in [5, 5.41) is 2.90. The number of hydrogen-bond acceptors (Lipinski definition) is 2. The van der Waals surface area contributed by atoms with Crippen LogP contribution in [0.25, 0.3) is 0 Å². The topological polar surface area (TPSA) is 49.4 Å². The fourth-order valence-electron chi connectivity index (χ4n) is 3.42. The van der Waals surface area contributed by atoms with Gasteiger partial charge in [0.15, 0.2) is 0 Å². The highest BCUT2D eigenvalue weighted by atomic mass is 79.9. The molecule has 0 radical (unpaired) electrons. The number of carbonyl (C=O) groups is 2. The third-order valence-corrected chi connectivity index (χ3v) is 5.64. The molecule has 1 aliphatic heterocycles. The molecular weight excluding hydrogens is 380 g/mol. The van der Waals surface area contributed by atoms with Crippen molar-refractivity contribution in [2.75, 3.05) is 11.9 Å². The van der Waals surface area contributed by atoms with Crippen LogP contribution in [0.2, 0.25) is 0 Å². The largest absolute Gasteiger partial charge is 0.337 e. The van der Waals surface area contributed by atoms with Gasteiger partial charge in [-0.2, -0.15) is 0 Å². The average Bonchev–Trinajstić information content (AvgIpc) is 3.44. The summed E-state index contributed by atoms with van der Waals surface area (Å²) < 4.78 is 0.953. The normalized spacial score (nSPS) is 17.6. The first kappa shape index (κ1) is 16.3. The molecule has 128 valence electrons. The van der Waals surface area contributed by atoms with Gasteiger partial charge in [0, 0.05) is 23.2 Å². The first-order valence-electron chi connectivity index (χ1n) is 8.52. The van der Waals surface area contributed by atoms with Gasteiger partial charge in [0.1, 0.15) is 5.41 Å². The van der Waals surface area contributed by atoms with Crippen LogP contribution in [0, 0.1) is 5.41 Å². The van der Waals surface area contributed by atoms with E-state index >= 15 is 0 Å². The molecule has 4 nitrogen and oxygen atoms in total. The Morgan fingerprint density at radius 2 is 1.68 bits per heavy atom. The van der Waals surface area contributed by atoms with Crippen molar-refractivity contribution in [2.24, 2.45) is 5.41 Å². The second-order valence-corrected chi connectivity index (χ2v) is 7.70. The van der Waals surface area contributed by atoms with E-state index in [0.717, 1.165) is 16.6 Å². The molecule has 1 heterocycles. The summed E-state index contributed by atoms with van der Waals surface area (Å²) in [7, 11) is 0. The summed E-state index contributed by atoms with van der Waals surface area (Å²) in [5.41, 5.74) is 2.33. The van der Waals surface area contributed by atoms with Gasteiger partial charge in [0.05, 0.1) is 0 Å². The monoisotopic (exact) mass is 398 g/mol. The standard InChI is InChI=1S/C20H19BrN2O2/c21-16-5-7-17(8-6-16)22-18(24)20(10-11-20)19(25)23-12-9-14-3-1-2-4-15(14)13-23/h1-8H,9-13H2,(H,22,24). The van der Waals surface area contributed by atoms with Crippen LogP contribution in [0.1, 0.15) is 24.0 Å². The predicted octanol–water partition coefficient (Wildman–Crippen LogP) is 3.75.